The van der Waals surface area contributed by atoms with E-state index in [9.17, 15) is 9.90 Å². The van der Waals surface area contributed by atoms with Gasteiger partial charge >= 0.3 is 5.97 Å². The van der Waals surface area contributed by atoms with Crippen molar-refractivity contribution in [3.8, 4) is 0 Å². The number of hydrogen-bond acceptors (Lipinski definition) is 4. The van der Waals surface area contributed by atoms with E-state index in [1.54, 1.807) is 0 Å². The highest BCUT2D eigenvalue weighted by molar-refractivity contribution is 5.85. The number of hydrogen-bond donors (Lipinski definition) is 1. The number of carbonyl (C=O) groups excluding carboxylic acids is 1. The van der Waals surface area contributed by atoms with Crippen LogP contribution >= 0.6 is 0 Å². The summed E-state index contributed by atoms with van der Waals surface area (Å²) in [7, 11) is 0. The predicted molar refractivity (Wildman–Crippen MR) is 95.9 cm³/mol. The summed E-state index contributed by atoms with van der Waals surface area (Å²) in [6, 6.07) is 9.49. The molecular weight excluding hydrogens is 314 g/mol. The molecule has 25 heavy (non-hydrogen) atoms. The molecule has 4 nitrogen and oxygen atoms in total. The van der Waals surface area contributed by atoms with Gasteiger partial charge in [0.1, 0.15) is 6.10 Å². The SMILES string of the molecule is CC1C(OC(=O)C(O)(C2=CCCC2)c2ccccc2)C2CCN1CC2. The van der Waals surface area contributed by atoms with Gasteiger partial charge < -0.3 is 9.84 Å². The first-order valence-corrected chi connectivity index (χ1v) is 9.53. The van der Waals surface area contributed by atoms with Crippen molar-refractivity contribution in [3.05, 3.63) is 47.5 Å². The van der Waals surface area contributed by atoms with E-state index in [2.05, 4.69) is 11.8 Å². The Morgan fingerprint density at radius 2 is 1.96 bits per heavy atom. The van der Waals surface area contributed by atoms with Gasteiger partial charge in [-0.2, -0.15) is 0 Å². The van der Waals surface area contributed by atoms with Crippen LogP contribution in [0.3, 0.4) is 0 Å². The molecule has 0 amide bonds. The van der Waals surface area contributed by atoms with Crippen molar-refractivity contribution in [3.63, 3.8) is 0 Å². The maximum absolute atomic E-state index is 13.2. The zero-order chi connectivity index (χ0) is 17.4. The molecule has 1 aromatic carbocycles. The number of carbonyl (C=O) groups is 1. The molecule has 3 saturated heterocycles. The topological polar surface area (TPSA) is 49.8 Å². The summed E-state index contributed by atoms with van der Waals surface area (Å²) in [5.41, 5.74) is -0.247. The number of ether oxygens (including phenoxy) is 1. The molecule has 5 rings (SSSR count). The number of esters is 1. The normalized spacial score (nSPS) is 33.6. The first-order chi connectivity index (χ1) is 12.1. The third-order valence-corrected chi connectivity index (χ3v) is 6.33. The fraction of sp³-hybridized carbons (Fsp3) is 0.571. The molecule has 3 fully saturated rings. The van der Waals surface area contributed by atoms with Gasteiger partial charge in [-0.1, -0.05) is 36.4 Å². The van der Waals surface area contributed by atoms with Crippen LogP contribution in [0, 0.1) is 5.92 Å². The standard InChI is InChI=1S/C21H27NO3/c1-15-19(16-11-13-22(15)14-12-16)25-20(23)21(24,18-9-5-6-10-18)17-7-3-2-4-8-17/h2-4,7-9,15-16,19,24H,5-6,10-14H2,1H3. The van der Waals surface area contributed by atoms with Crippen LogP contribution in [0.4, 0.5) is 0 Å². The largest absolute Gasteiger partial charge is 0.458 e. The Labute approximate surface area is 149 Å². The van der Waals surface area contributed by atoms with Crippen LogP contribution < -0.4 is 0 Å². The molecule has 1 aliphatic carbocycles. The quantitative estimate of drug-likeness (QED) is 0.676. The number of nitrogens with zero attached hydrogens (tertiary/aromatic N) is 1. The number of rotatable bonds is 4. The smallest absolute Gasteiger partial charge is 0.347 e. The Kier molecular flexibility index (Phi) is 4.42. The minimum Gasteiger partial charge on any atom is -0.458 e. The van der Waals surface area contributed by atoms with E-state index in [-0.39, 0.29) is 12.1 Å². The van der Waals surface area contributed by atoms with Crippen molar-refractivity contribution in [1.29, 1.82) is 0 Å². The number of aliphatic hydroxyl groups is 1. The molecule has 4 heteroatoms. The average Bonchev–Trinajstić information content (AvgIpc) is 3.20. The summed E-state index contributed by atoms with van der Waals surface area (Å²) in [5.74, 6) is -0.0843. The lowest BCUT2D eigenvalue weighted by molar-refractivity contribution is -0.183. The predicted octanol–water partition coefficient (Wildman–Crippen LogP) is 3.01. The molecule has 0 spiro atoms. The van der Waals surface area contributed by atoms with Crippen molar-refractivity contribution < 1.29 is 14.6 Å². The van der Waals surface area contributed by atoms with Gasteiger partial charge in [0.2, 0.25) is 5.60 Å². The Balaban J connectivity index is 1.62. The van der Waals surface area contributed by atoms with Gasteiger partial charge in [-0.25, -0.2) is 4.79 Å². The Morgan fingerprint density at radius 3 is 2.56 bits per heavy atom. The summed E-state index contributed by atoms with van der Waals surface area (Å²) < 4.78 is 6.00. The summed E-state index contributed by atoms with van der Waals surface area (Å²) in [6.07, 6.45) is 6.68. The van der Waals surface area contributed by atoms with Gasteiger partial charge in [0.15, 0.2) is 0 Å². The van der Waals surface area contributed by atoms with E-state index in [4.69, 9.17) is 4.74 Å². The molecule has 3 aliphatic heterocycles. The molecule has 3 unspecified atom stereocenters. The number of allylic oxidation sites excluding steroid dienone is 1. The summed E-state index contributed by atoms with van der Waals surface area (Å²) in [6.45, 7) is 4.32. The minimum absolute atomic E-state index is 0.118. The van der Waals surface area contributed by atoms with Crippen LogP contribution in [0.1, 0.15) is 44.6 Å². The van der Waals surface area contributed by atoms with Crippen LogP contribution in [-0.4, -0.2) is 41.2 Å². The van der Waals surface area contributed by atoms with Gasteiger partial charge in [0.25, 0.3) is 0 Å². The molecule has 1 N–H and O–H groups in total. The lowest BCUT2D eigenvalue weighted by Crippen LogP contribution is -2.58. The molecule has 2 bridgehead atoms. The highest BCUT2D eigenvalue weighted by atomic mass is 16.6. The second-order valence-corrected chi connectivity index (χ2v) is 7.68. The molecule has 1 aromatic rings. The number of fused-ring (bicyclic) bond motifs is 3. The van der Waals surface area contributed by atoms with E-state index in [0.29, 0.717) is 11.5 Å². The molecule has 3 atom stereocenters. The lowest BCUT2D eigenvalue weighted by atomic mass is 9.80. The molecule has 0 radical (unpaired) electrons. The van der Waals surface area contributed by atoms with E-state index < -0.39 is 11.6 Å². The van der Waals surface area contributed by atoms with E-state index >= 15 is 0 Å². The third kappa shape index (κ3) is 2.81. The molecule has 0 saturated carbocycles. The molecule has 4 aliphatic rings. The fourth-order valence-corrected chi connectivity index (χ4v) is 4.77. The van der Waals surface area contributed by atoms with Crippen molar-refractivity contribution >= 4 is 5.97 Å². The van der Waals surface area contributed by atoms with Crippen LogP contribution in [0.25, 0.3) is 0 Å². The van der Waals surface area contributed by atoms with Gasteiger partial charge in [0, 0.05) is 6.04 Å². The van der Waals surface area contributed by atoms with E-state index in [0.717, 1.165) is 50.8 Å². The zero-order valence-corrected chi connectivity index (χ0v) is 14.9. The zero-order valence-electron chi connectivity index (χ0n) is 14.9. The van der Waals surface area contributed by atoms with Crippen molar-refractivity contribution in [2.75, 3.05) is 13.1 Å². The average molecular weight is 341 g/mol. The van der Waals surface area contributed by atoms with Gasteiger partial charge in [-0.3, -0.25) is 4.90 Å². The summed E-state index contributed by atoms with van der Waals surface area (Å²) >= 11 is 0. The molecule has 134 valence electrons. The van der Waals surface area contributed by atoms with Gasteiger partial charge in [-0.15, -0.1) is 0 Å². The maximum atomic E-state index is 13.2. The molecular formula is C21H27NO3. The van der Waals surface area contributed by atoms with E-state index in [1.165, 1.54) is 0 Å². The van der Waals surface area contributed by atoms with Crippen molar-refractivity contribution in [2.24, 2.45) is 5.92 Å². The first-order valence-electron chi connectivity index (χ1n) is 9.53. The Bertz CT molecular complexity index is 661. The monoisotopic (exact) mass is 341 g/mol. The number of benzene rings is 1. The summed E-state index contributed by atoms with van der Waals surface area (Å²) in [4.78, 5) is 15.6. The number of piperidine rings is 3. The van der Waals surface area contributed by atoms with Crippen LogP contribution in [0.15, 0.2) is 42.0 Å². The highest BCUT2D eigenvalue weighted by Crippen LogP contribution is 2.40. The van der Waals surface area contributed by atoms with Gasteiger partial charge in [-0.05, 0) is 69.2 Å². The Hall–Kier alpha value is -1.65. The van der Waals surface area contributed by atoms with Gasteiger partial charge in [0.05, 0.1) is 0 Å². The summed E-state index contributed by atoms with van der Waals surface area (Å²) in [5, 5.41) is 11.5. The van der Waals surface area contributed by atoms with E-state index in [1.807, 2.05) is 36.4 Å². The van der Waals surface area contributed by atoms with Crippen LogP contribution in [-0.2, 0) is 15.1 Å². The fourth-order valence-electron chi connectivity index (χ4n) is 4.77. The lowest BCUT2D eigenvalue weighted by Gasteiger charge is -2.49. The third-order valence-electron chi connectivity index (χ3n) is 6.33. The highest BCUT2D eigenvalue weighted by Gasteiger charge is 2.48. The minimum atomic E-state index is -1.65. The molecule has 0 aromatic heterocycles. The molecule has 3 heterocycles. The van der Waals surface area contributed by atoms with Crippen molar-refractivity contribution in [2.45, 2.75) is 56.8 Å². The maximum Gasteiger partial charge on any atom is 0.347 e. The first kappa shape index (κ1) is 16.8. The van der Waals surface area contributed by atoms with Crippen LogP contribution in [0.5, 0.6) is 0 Å². The second-order valence-electron chi connectivity index (χ2n) is 7.68. The second kappa shape index (κ2) is 6.58. The Morgan fingerprint density at radius 1 is 1.24 bits per heavy atom. The van der Waals surface area contributed by atoms with Crippen LogP contribution in [0.2, 0.25) is 0 Å². The van der Waals surface area contributed by atoms with Crippen molar-refractivity contribution in [1.82, 2.24) is 4.90 Å².